The van der Waals surface area contributed by atoms with E-state index < -0.39 is 0 Å². The Labute approximate surface area is 825 Å². The van der Waals surface area contributed by atoms with Crippen molar-refractivity contribution in [2.45, 2.75) is 443 Å². The molecule has 3 aromatic carbocycles. The van der Waals surface area contributed by atoms with E-state index >= 15 is 0 Å². The fourth-order valence-electron chi connectivity index (χ4n) is 31.6. The van der Waals surface area contributed by atoms with E-state index in [0.717, 1.165) is 187 Å². The zero-order valence-corrected chi connectivity index (χ0v) is 91.0. The predicted molar refractivity (Wildman–Crippen MR) is 576 cm³/mol. The van der Waals surface area contributed by atoms with Crippen LogP contribution in [0.15, 0.2) is 103 Å². The van der Waals surface area contributed by atoms with E-state index in [1.807, 2.05) is 0 Å². The Kier molecular flexibility index (Phi) is 39.4. The highest BCUT2D eigenvalue weighted by atomic mass is 15.2. The van der Waals surface area contributed by atoms with Gasteiger partial charge >= 0.3 is 0 Å². The topological polar surface area (TPSA) is 38.9 Å². The molecule has 754 valence electrons. The molecule has 25 rings (SSSR count). The van der Waals surface area contributed by atoms with Gasteiger partial charge in [0.2, 0.25) is 0 Å². The molecule has 8 saturated carbocycles. The van der Waals surface area contributed by atoms with Gasteiger partial charge in [0.1, 0.15) is 0 Å². The summed E-state index contributed by atoms with van der Waals surface area (Å²) in [6, 6.07) is 40.2. The average molecular weight is 1840 g/mol. The van der Waals surface area contributed by atoms with Gasteiger partial charge in [-0.1, -0.05) is 168 Å². The molecule has 12 nitrogen and oxygen atoms in total. The van der Waals surface area contributed by atoms with E-state index in [1.165, 1.54) is 290 Å². The van der Waals surface area contributed by atoms with Gasteiger partial charge in [-0.2, -0.15) is 0 Å². The molecule has 0 spiro atoms. The lowest BCUT2D eigenvalue weighted by Crippen LogP contribution is -2.44. The van der Waals surface area contributed by atoms with Gasteiger partial charge in [-0.25, -0.2) is 0 Å². The van der Waals surface area contributed by atoms with E-state index in [9.17, 15) is 0 Å². The molecule has 17 fully saturated rings. The summed E-state index contributed by atoms with van der Waals surface area (Å²) in [5, 5.41) is 0. The van der Waals surface area contributed by atoms with Crippen molar-refractivity contribution in [3.05, 3.63) is 131 Å². The second-order valence-corrected chi connectivity index (χ2v) is 49.6. The van der Waals surface area contributed by atoms with Crippen LogP contribution in [0.25, 0.3) is 6.08 Å². The Bertz CT molecular complexity index is 3960. The van der Waals surface area contributed by atoms with Crippen LogP contribution in [-0.4, -0.2) is 261 Å². The van der Waals surface area contributed by atoms with Gasteiger partial charge < -0.3 is 44.1 Å². The van der Waals surface area contributed by atoms with Crippen molar-refractivity contribution < 1.29 is 0 Å². The van der Waals surface area contributed by atoms with Gasteiger partial charge in [-0.3, -0.25) is 14.7 Å². The molecule has 0 radical (unpaired) electrons. The van der Waals surface area contributed by atoms with Crippen molar-refractivity contribution in [1.82, 2.24) is 53.9 Å². The maximum atomic E-state index is 2.66. The number of anilines is 1. The molecule has 12 heteroatoms. The van der Waals surface area contributed by atoms with Gasteiger partial charge in [0.05, 0.1) is 0 Å². The van der Waals surface area contributed by atoms with Gasteiger partial charge in [0.15, 0.2) is 0 Å². The molecule has 134 heavy (non-hydrogen) atoms. The summed E-state index contributed by atoms with van der Waals surface area (Å²) >= 11 is 0. The number of likely N-dealkylation sites (tertiary alicyclic amines) is 9. The highest BCUT2D eigenvalue weighted by molar-refractivity contribution is 5.59. The molecule has 10 aliphatic carbocycles. The molecule has 2 bridgehead atoms. The second-order valence-electron chi connectivity index (χ2n) is 49.6. The average Bonchev–Trinajstić information content (AvgIpc) is 1.59. The maximum Gasteiger partial charge on any atom is 0.0429 e. The Morgan fingerprint density at radius 3 is 1.31 bits per heavy atom. The molecule has 12 heterocycles. The molecule has 0 N–H and O–H groups in total. The SMILES string of the molecule is CC1=Cc2ccccc2CN1C.CC1C2CCCC2CN1C.CC1C2CCCCC2CN1C.CC1CC2C3CCC(C3)C2N1C.CC1CC2CC=CC2N1C.CC1CC2CCC=CC2N1C.CC1CC2CCCC2N1C.CC1CC2CCCCC2CN1C.CC1CC2CCCCC2N1C.CC1CC2CCCCCC2N1C.CC1Cc2ccccc2CN1C.CC1Cc2ccccc2N1C. The number of benzene rings is 3. The molecule has 31 unspecified atom stereocenters. The van der Waals surface area contributed by atoms with E-state index in [0.29, 0.717) is 12.1 Å². The summed E-state index contributed by atoms with van der Waals surface area (Å²) in [5.41, 5.74) is 10.1. The van der Waals surface area contributed by atoms with Crippen LogP contribution in [0.4, 0.5) is 5.69 Å². The van der Waals surface area contributed by atoms with Crippen LogP contribution in [-0.2, 0) is 25.9 Å². The van der Waals surface area contributed by atoms with Crippen LogP contribution >= 0.6 is 0 Å². The van der Waals surface area contributed by atoms with Crippen molar-refractivity contribution >= 4 is 11.8 Å². The first-order valence-corrected chi connectivity index (χ1v) is 57.2. The third-order valence-corrected chi connectivity index (χ3v) is 41.5. The predicted octanol–water partition coefficient (Wildman–Crippen LogP) is 25.6. The van der Waals surface area contributed by atoms with E-state index in [4.69, 9.17) is 0 Å². The summed E-state index contributed by atoms with van der Waals surface area (Å²) in [7, 11) is 27.1. The zero-order chi connectivity index (χ0) is 95.3. The molecule has 0 amide bonds. The quantitative estimate of drug-likeness (QED) is 0.201. The first-order valence-electron chi connectivity index (χ1n) is 57.2. The van der Waals surface area contributed by atoms with Gasteiger partial charge in [0, 0.05) is 161 Å². The second kappa shape index (κ2) is 49.9. The summed E-state index contributed by atoms with van der Waals surface area (Å²) in [4.78, 5) is 30.1. The van der Waals surface area contributed by atoms with Crippen LogP contribution in [0.3, 0.4) is 0 Å². The standard InChI is InChI=1S/C11H19N.C11H21N.C11H15N.C11H13N.C11H21N.2C10H19N.C10H17N.C10H13N.2C9H17N.C9H15N/c1-7-5-10-8-3-4-9(6-8)11(10)12(7)2;3*1-9-7-10-5-3-4-6-11(10)8-12(9)2;1-9-8-10-6-4-3-5-7-11(10)12(9)2;1-8-10-6-4-3-5-9(10)7-11(8)2;3*1-8-7-9-5-3-4-6-10(9)11(8)2;1-7-9-5-3-4-8(9)6-10(7)2;2*1-7-6-8-4-3-5-9(8)10(7)2/h7-11H,3-6H2,1-2H3;9-11H,3-8H2,1-2H3;3-6,9H,7-8H2,1-2H3;3-7H,8H2,1-2H3;9-11H,3-8H2,1-2H3;2*8-10H,3-7H2,1-2H3;4,6,8-10H,3,5,7H2,1-2H3;3-6,8H,7H2,1-2H3;2*7-9H,3-6H2,1-2H3;3,5,7-9H,4,6H2,1-2H3. The fraction of sp³-hybridized carbons (Fsp3) is 0.803. The number of rotatable bonds is 0. The lowest BCUT2D eigenvalue weighted by molar-refractivity contribution is 0.0650. The largest absolute Gasteiger partial charge is 0.374 e. The number of nitrogens with zero attached hydrogens (tertiary/aromatic N) is 12. The Morgan fingerprint density at radius 1 is 0.276 bits per heavy atom. The number of hydrogen-bond acceptors (Lipinski definition) is 12. The van der Waals surface area contributed by atoms with E-state index in [2.05, 4.69) is 330 Å². The van der Waals surface area contributed by atoms with Crippen molar-refractivity contribution in [2.24, 2.45) is 82.9 Å². The number of fused-ring (bicyclic) bond motifs is 16. The van der Waals surface area contributed by atoms with E-state index in [1.54, 1.807) is 12.8 Å². The highest BCUT2D eigenvalue weighted by Gasteiger charge is 2.54. The van der Waals surface area contributed by atoms with Crippen LogP contribution < -0.4 is 4.90 Å². The van der Waals surface area contributed by atoms with Gasteiger partial charge in [-0.05, 0) is 443 Å². The number of hydrogen-bond donors (Lipinski definition) is 0. The lowest BCUT2D eigenvalue weighted by Gasteiger charge is -2.43. The Hall–Kier alpha value is -3.92. The van der Waals surface area contributed by atoms with E-state index in [-0.39, 0.29) is 0 Å². The molecule has 0 aromatic heterocycles. The Morgan fingerprint density at radius 2 is 0.709 bits per heavy atom. The first kappa shape index (κ1) is 106. The Balaban J connectivity index is 0.000000117. The number of piperidine rings is 1. The first-order chi connectivity index (χ1) is 64.4. The maximum absolute atomic E-state index is 2.66. The van der Waals surface area contributed by atoms with Crippen LogP contribution in [0.5, 0.6) is 0 Å². The molecule has 3 aromatic rings. The van der Waals surface area contributed by atoms with Crippen LogP contribution in [0.2, 0.25) is 0 Å². The summed E-state index contributed by atoms with van der Waals surface area (Å²) in [5.74, 6) is 14.6. The smallest absolute Gasteiger partial charge is 0.0429 e. The molecule has 22 aliphatic rings. The van der Waals surface area contributed by atoms with Crippen molar-refractivity contribution in [2.75, 3.05) is 109 Å². The van der Waals surface area contributed by atoms with Crippen molar-refractivity contribution in [3.63, 3.8) is 0 Å². The summed E-state index contributed by atoms with van der Waals surface area (Å²) in [6.07, 6.45) is 67.1. The number of para-hydroxylation sites is 1. The molecular weight excluding hydrogens is 1630 g/mol. The molecular formula is C122H206N12. The minimum Gasteiger partial charge on any atom is -0.374 e. The minimum atomic E-state index is 0.674. The lowest BCUT2D eigenvalue weighted by atomic mass is 9.73. The minimum absolute atomic E-state index is 0.674. The van der Waals surface area contributed by atoms with Crippen LogP contribution in [0.1, 0.15) is 342 Å². The van der Waals surface area contributed by atoms with Crippen molar-refractivity contribution in [1.29, 1.82) is 0 Å². The number of allylic oxidation sites excluding steroid dienone is 3. The fourth-order valence-corrected chi connectivity index (χ4v) is 31.6. The monoisotopic (exact) mass is 1840 g/mol. The van der Waals surface area contributed by atoms with Crippen molar-refractivity contribution in [3.8, 4) is 0 Å². The van der Waals surface area contributed by atoms with Gasteiger partial charge in [0.25, 0.3) is 0 Å². The molecule has 9 saturated heterocycles. The normalized spacial score (nSPS) is 40.2. The third-order valence-electron chi connectivity index (χ3n) is 41.5. The van der Waals surface area contributed by atoms with Crippen LogP contribution in [0, 0.1) is 82.9 Å². The highest BCUT2D eigenvalue weighted by Crippen LogP contribution is 2.56. The number of likely N-dealkylation sites (N-methyl/N-ethyl adjacent to an activating group) is 4. The summed E-state index contributed by atoms with van der Waals surface area (Å²) in [6.45, 7) is 34.3. The van der Waals surface area contributed by atoms with Gasteiger partial charge in [-0.15, -0.1) is 0 Å². The third kappa shape index (κ3) is 26.4. The zero-order valence-electron chi connectivity index (χ0n) is 91.0. The molecule has 12 aliphatic heterocycles. The summed E-state index contributed by atoms with van der Waals surface area (Å²) < 4.78 is 0. The molecule has 31 atom stereocenters.